The number of alkyl halides is 3. The number of carbonyl (C=O) groups is 1. The van der Waals surface area contributed by atoms with Gasteiger partial charge in [-0.1, -0.05) is 19.1 Å². The minimum absolute atomic E-state index is 0.204. The highest BCUT2D eigenvalue weighted by atomic mass is 19.4. The first-order valence-electron chi connectivity index (χ1n) is 6.09. The Morgan fingerprint density at radius 1 is 1.40 bits per heavy atom. The molecule has 0 aliphatic rings. The highest BCUT2D eigenvalue weighted by Crippen LogP contribution is 2.25. The lowest BCUT2D eigenvalue weighted by Crippen LogP contribution is -2.34. The quantitative estimate of drug-likeness (QED) is 0.875. The van der Waals surface area contributed by atoms with Crippen LogP contribution in [0, 0.1) is 5.92 Å². The van der Waals surface area contributed by atoms with Crippen molar-refractivity contribution >= 4 is 5.91 Å². The summed E-state index contributed by atoms with van der Waals surface area (Å²) in [6.45, 7) is 3.55. The predicted octanol–water partition coefficient (Wildman–Crippen LogP) is 2.36. The van der Waals surface area contributed by atoms with E-state index in [0.717, 1.165) is 0 Å². The lowest BCUT2D eigenvalue weighted by molar-refractivity contribution is -0.274. The fraction of sp³-hybridized carbons (Fsp3) is 0.462. The smallest absolute Gasteiger partial charge is 0.406 e. The molecule has 0 aromatic heterocycles. The van der Waals surface area contributed by atoms with Crippen LogP contribution < -0.4 is 15.8 Å². The van der Waals surface area contributed by atoms with Crippen molar-refractivity contribution in [1.82, 2.24) is 5.32 Å². The van der Waals surface area contributed by atoms with Gasteiger partial charge in [-0.2, -0.15) is 0 Å². The molecule has 3 N–H and O–H groups in total. The van der Waals surface area contributed by atoms with Gasteiger partial charge in [-0.15, -0.1) is 13.2 Å². The monoisotopic (exact) mass is 290 g/mol. The van der Waals surface area contributed by atoms with E-state index in [1.807, 2.05) is 0 Å². The average Bonchev–Trinajstić information content (AvgIpc) is 2.35. The largest absolute Gasteiger partial charge is 0.573 e. The summed E-state index contributed by atoms with van der Waals surface area (Å²) in [5.41, 5.74) is 5.89. The van der Waals surface area contributed by atoms with Crippen LogP contribution in [-0.2, 0) is 4.79 Å². The van der Waals surface area contributed by atoms with Gasteiger partial charge in [0.2, 0.25) is 5.91 Å². The van der Waals surface area contributed by atoms with Crippen LogP contribution in [0.2, 0.25) is 0 Å². The summed E-state index contributed by atoms with van der Waals surface area (Å²) >= 11 is 0. The molecule has 0 aliphatic carbocycles. The molecule has 7 heteroatoms. The number of hydrogen-bond acceptors (Lipinski definition) is 3. The summed E-state index contributed by atoms with van der Waals surface area (Å²) in [6, 6.07) is 5.06. The van der Waals surface area contributed by atoms with Gasteiger partial charge >= 0.3 is 6.36 Å². The van der Waals surface area contributed by atoms with Crippen LogP contribution in [0.3, 0.4) is 0 Å². The molecule has 1 aromatic rings. The van der Waals surface area contributed by atoms with Gasteiger partial charge in [0.25, 0.3) is 0 Å². The van der Waals surface area contributed by atoms with Crippen LogP contribution >= 0.6 is 0 Å². The fourth-order valence-electron chi connectivity index (χ4n) is 1.53. The molecule has 2 atom stereocenters. The number of rotatable bonds is 5. The van der Waals surface area contributed by atoms with Crippen LogP contribution in [0.25, 0.3) is 0 Å². The van der Waals surface area contributed by atoms with Gasteiger partial charge in [0, 0.05) is 12.5 Å². The Hall–Kier alpha value is -1.76. The number of amides is 1. The molecular formula is C13H17F3N2O2. The molecule has 0 fully saturated rings. The standard InChI is InChI=1S/C13H17F3N2O2/c1-8(7-17)12(19)18-9(2)10-4-3-5-11(6-10)20-13(14,15)16/h3-6,8-9H,7,17H2,1-2H3,(H,18,19). The predicted molar refractivity (Wildman–Crippen MR) is 67.9 cm³/mol. The third kappa shape index (κ3) is 5.08. The summed E-state index contributed by atoms with van der Waals surface area (Å²) in [4.78, 5) is 11.7. The van der Waals surface area contributed by atoms with E-state index in [4.69, 9.17) is 5.73 Å². The highest BCUT2D eigenvalue weighted by Gasteiger charge is 2.31. The van der Waals surface area contributed by atoms with Gasteiger partial charge < -0.3 is 15.8 Å². The maximum absolute atomic E-state index is 12.1. The van der Waals surface area contributed by atoms with Crippen LogP contribution in [0.4, 0.5) is 13.2 Å². The molecule has 2 unspecified atom stereocenters. The first-order valence-corrected chi connectivity index (χ1v) is 6.09. The Labute approximate surface area is 115 Å². The number of nitrogens with one attached hydrogen (secondary N) is 1. The van der Waals surface area contributed by atoms with E-state index in [1.165, 1.54) is 18.2 Å². The van der Waals surface area contributed by atoms with E-state index < -0.39 is 12.4 Å². The van der Waals surface area contributed by atoms with Gasteiger partial charge in [0.1, 0.15) is 5.75 Å². The average molecular weight is 290 g/mol. The number of carbonyl (C=O) groups excluding carboxylic acids is 1. The molecule has 20 heavy (non-hydrogen) atoms. The molecule has 4 nitrogen and oxygen atoms in total. The lowest BCUT2D eigenvalue weighted by atomic mass is 10.1. The first-order chi connectivity index (χ1) is 9.23. The normalized spacial score (nSPS) is 14.5. The van der Waals surface area contributed by atoms with E-state index in [-0.39, 0.29) is 24.1 Å². The second-order valence-electron chi connectivity index (χ2n) is 4.49. The summed E-state index contributed by atoms with van der Waals surface area (Å²) in [6.07, 6.45) is -4.74. The number of benzene rings is 1. The Morgan fingerprint density at radius 3 is 2.60 bits per heavy atom. The van der Waals surface area contributed by atoms with Crippen LogP contribution in [0.15, 0.2) is 24.3 Å². The van der Waals surface area contributed by atoms with Crippen molar-refractivity contribution in [3.8, 4) is 5.75 Å². The summed E-state index contributed by atoms with van der Waals surface area (Å²) in [5, 5.41) is 2.68. The van der Waals surface area contributed by atoms with Crippen molar-refractivity contribution in [2.45, 2.75) is 26.3 Å². The number of ether oxygens (including phenoxy) is 1. The van der Waals surface area contributed by atoms with Crippen LogP contribution in [0.1, 0.15) is 25.5 Å². The molecule has 0 saturated heterocycles. The van der Waals surface area contributed by atoms with Gasteiger partial charge in [0.05, 0.1) is 6.04 Å². The summed E-state index contributed by atoms with van der Waals surface area (Å²) in [7, 11) is 0. The maximum Gasteiger partial charge on any atom is 0.573 e. The minimum Gasteiger partial charge on any atom is -0.406 e. The Kier molecular flexibility index (Phi) is 5.38. The van der Waals surface area contributed by atoms with Crippen LogP contribution in [0.5, 0.6) is 5.75 Å². The molecule has 0 spiro atoms. The molecule has 0 saturated carbocycles. The van der Waals surface area contributed by atoms with E-state index in [2.05, 4.69) is 10.1 Å². The molecule has 0 aliphatic heterocycles. The summed E-state index contributed by atoms with van der Waals surface area (Å²) in [5.74, 6) is -0.919. The Bertz CT molecular complexity index is 463. The number of nitrogens with two attached hydrogens (primary N) is 1. The van der Waals surface area contributed by atoms with Crippen molar-refractivity contribution < 1.29 is 22.7 Å². The molecule has 0 bridgehead atoms. The van der Waals surface area contributed by atoms with Crippen molar-refractivity contribution in [2.24, 2.45) is 11.7 Å². The molecule has 0 heterocycles. The molecule has 112 valence electrons. The molecule has 1 aromatic carbocycles. The van der Waals surface area contributed by atoms with Crippen molar-refractivity contribution in [1.29, 1.82) is 0 Å². The number of hydrogen-bond donors (Lipinski definition) is 2. The number of halogens is 3. The molecular weight excluding hydrogens is 273 g/mol. The Morgan fingerprint density at radius 2 is 2.05 bits per heavy atom. The van der Waals surface area contributed by atoms with E-state index >= 15 is 0 Å². The molecule has 1 rings (SSSR count). The Balaban J connectivity index is 2.76. The second-order valence-corrected chi connectivity index (χ2v) is 4.49. The topological polar surface area (TPSA) is 64.4 Å². The zero-order valence-electron chi connectivity index (χ0n) is 11.2. The first kappa shape index (κ1) is 16.3. The zero-order chi connectivity index (χ0) is 15.3. The lowest BCUT2D eigenvalue weighted by Gasteiger charge is -2.18. The van der Waals surface area contributed by atoms with Crippen molar-refractivity contribution in [3.63, 3.8) is 0 Å². The highest BCUT2D eigenvalue weighted by molar-refractivity contribution is 5.78. The minimum atomic E-state index is -4.74. The van der Waals surface area contributed by atoms with Gasteiger partial charge in [0.15, 0.2) is 0 Å². The third-order valence-electron chi connectivity index (χ3n) is 2.75. The van der Waals surface area contributed by atoms with Crippen LogP contribution in [-0.4, -0.2) is 18.8 Å². The molecule has 1 amide bonds. The molecule has 0 radical (unpaired) electrons. The summed E-state index contributed by atoms with van der Waals surface area (Å²) < 4.78 is 40.2. The zero-order valence-corrected chi connectivity index (χ0v) is 11.2. The van der Waals surface area contributed by atoms with E-state index in [0.29, 0.717) is 5.56 Å². The fourth-order valence-corrected chi connectivity index (χ4v) is 1.53. The SMILES string of the molecule is CC(CN)C(=O)NC(C)c1cccc(OC(F)(F)F)c1. The second kappa shape index (κ2) is 6.60. The van der Waals surface area contributed by atoms with Gasteiger partial charge in [-0.25, -0.2) is 0 Å². The van der Waals surface area contributed by atoms with Crippen molar-refractivity contribution in [3.05, 3.63) is 29.8 Å². The van der Waals surface area contributed by atoms with Gasteiger partial charge in [-0.3, -0.25) is 4.79 Å². The van der Waals surface area contributed by atoms with Crippen molar-refractivity contribution in [2.75, 3.05) is 6.54 Å². The van der Waals surface area contributed by atoms with E-state index in [1.54, 1.807) is 19.9 Å². The third-order valence-corrected chi connectivity index (χ3v) is 2.75. The van der Waals surface area contributed by atoms with Gasteiger partial charge in [-0.05, 0) is 24.6 Å². The maximum atomic E-state index is 12.1. The van der Waals surface area contributed by atoms with E-state index in [9.17, 15) is 18.0 Å².